The Bertz CT molecular complexity index is 941. The number of benzene rings is 1. The van der Waals surface area contributed by atoms with E-state index >= 15 is 0 Å². The topological polar surface area (TPSA) is 64.9 Å². The molecule has 0 radical (unpaired) electrons. The van der Waals surface area contributed by atoms with E-state index < -0.39 is 0 Å². The summed E-state index contributed by atoms with van der Waals surface area (Å²) in [4.78, 5) is 9.32. The normalized spacial score (nSPS) is 18.3. The molecule has 6 heteroatoms. The van der Waals surface area contributed by atoms with E-state index in [0.717, 1.165) is 48.3 Å². The molecule has 3 heterocycles. The molecular formula is C20H23N5O. The van der Waals surface area contributed by atoms with Crippen molar-refractivity contribution in [2.75, 3.05) is 18.5 Å². The van der Waals surface area contributed by atoms with Crippen LogP contribution in [-0.2, 0) is 4.74 Å². The van der Waals surface area contributed by atoms with Gasteiger partial charge in [0.2, 0.25) is 5.95 Å². The van der Waals surface area contributed by atoms with Gasteiger partial charge in [0.1, 0.15) is 0 Å². The highest BCUT2D eigenvalue weighted by atomic mass is 16.5. The van der Waals surface area contributed by atoms with Gasteiger partial charge in [-0.1, -0.05) is 18.2 Å². The first-order valence-corrected chi connectivity index (χ1v) is 9.44. The number of nitrogens with zero attached hydrogens (tertiary/aromatic N) is 4. The van der Waals surface area contributed by atoms with E-state index in [9.17, 15) is 0 Å². The van der Waals surface area contributed by atoms with Gasteiger partial charge in [-0.3, -0.25) is 4.68 Å². The van der Waals surface area contributed by atoms with Crippen molar-refractivity contribution in [1.29, 1.82) is 0 Å². The fourth-order valence-electron chi connectivity index (χ4n) is 3.83. The van der Waals surface area contributed by atoms with Crippen LogP contribution in [0.5, 0.6) is 0 Å². The molecule has 0 bridgehead atoms. The van der Waals surface area contributed by atoms with Crippen molar-refractivity contribution in [2.45, 2.75) is 44.6 Å². The maximum absolute atomic E-state index is 5.46. The Morgan fingerprint density at radius 2 is 1.96 bits per heavy atom. The van der Waals surface area contributed by atoms with Crippen LogP contribution < -0.4 is 5.32 Å². The monoisotopic (exact) mass is 349 g/mol. The third-order valence-electron chi connectivity index (χ3n) is 5.49. The summed E-state index contributed by atoms with van der Waals surface area (Å²) in [6.45, 7) is 3.72. The Balaban J connectivity index is 1.44. The van der Waals surface area contributed by atoms with Gasteiger partial charge in [0.15, 0.2) is 0 Å². The maximum Gasteiger partial charge on any atom is 0.227 e. The van der Waals surface area contributed by atoms with Gasteiger partial charge in [-0.25, -0.2) is 9.97 Å². The van der Waals surface area contributed by atoms with Gasteiger partial charge in [0.25, 0.3) is 0 Å². The fourth-order valence-corrected chi connectivity index (χ4v) is 3.83. The van der Waals surface area contributed by atoms with E-state index in [1.165, 1.54) is 18.4 Å². The summed E-state index contributed by atoms with van der Waals surface area (Å²) < 4.78 is 7.58. The molecule has 1 saturated carbocycles. The quantitative estimate of drug-likeness (QED) is 0.768. The highest BCUT2D eigenvalue weighted by Gasteiger charge is 2.26. The van der Waals surface area contributed by atoms with Crippen LogP contribution in [0, 0.1) is 6.92 Å². The molecule has 5 rings (SSSR count). The molecule has 0 unspecified atom stereocenters. The van der Waals surface area contributed by atoms with Crippen LogP contribution in [0.3, 0.4) is 0 Å². The lowest BCUT2D eigenvalue weighted by molar-refractivity contribution is 0.0657. The Kier molecular flexibility index (Phi) is 3.85. The second-order valence-electron chi connectivity index (χ2n) is 7.31. The number of rotatable bonds is 4. The molecule has 2 fully saturated rings. The van der Waals surface area contributed by atoms with E-state index in [0.29, 0.717) is 17.9 Å². The van der Waals surface area contributed by atoms with Crippen molar-refractivity contribution in [3.8, 4) is 0 Å². The Morgan fingerprint density at radius 1 is 1.12 bits per heavy atom. The van der Waals surface area contributed by atoms with Gasteiger partial charge in [-0.15, -0.1) is 0 Å². The van der Waals surface area contributed by atoms with E-state index in [1.807, 2.05) is 12.4 Å². The zero-order chi connectivity index (χ0) is 17.5. The third-order valence-corrected chi connectivity index (χ3v) is 5.49. The lowest BCUT2D eigenvalue weighted by Crippen LogP contribution is -2.21. The summed E-state index contributed by atoms with van der Waals surface area (Å²) in [6.07, 6.45) is 8.35. The lowest BCUT2D eigenvalue weighted by Gasteiger charge is -2.23. The minimum absolute atomic E-state index is 0.415. The molecule has 1 aliphatic carbocycles. The summed E-state index contributed by atoms with van der Waals surface area (Å²) in [5, 5.41) is 9.08. The molecular weight excluding hydrogens is 326 g/mol. The van der Waals surface area contributed by atoms with Crippen molar-refractivity contribution < 1.29 is 4.74 Å². The molecule has 26 heavy (non-hydrogen) atoms. The Hall–Kier alpha value is -2.47. The molecule has 2 aliphatic rings. The highest BCUT2D eigenvalue weighted by Crippen LogP contribution is 2.42. The number of para-hydroxylation sites is 1. The first kappa shape index (κ1) is 15.8. The third kappa shape index (κ3) is 2.84. The Morgan fingerprint density at radius 3 is 2.77 bits per heavy atom. The molecule has 1 aromatic carbocycles. The van der Waals surface area contributed by atoms with Crippen LogP contribution in [0.1, 0.15) is 48.9 Å². The van der Waals surface area contributed by atoms with E-state index in [-0.39, 0.29) is 0 Å². The molecule has 0 spiro atoms. The van der Waals surface area contributed by atoms with Crippen LogP contribution in [0.15, 0.2) is 30.6 Å². The van der Waals surface area contributed by atoms with Crippen LogP contribution in [-0.4, -0.2) is 33.0 Å². The summed E-state index contributed by atoms with van der Waals surface area (Å²) >= 11 is 0. The molecule has 1 saturated heterocycles. The van der Waals surface area contributed by atoms with Gasteiger partial charge >= 0.3 is 0 Å². The van der Waals surface area contributed by atoms with Crippen LogP contribution >= 0.6 is 0 Å². The lowest BCUT2D eigenvalue weighted by atomic mass is 10.1. The SMILES string of the molecule is Cc1c(Nc2ncc3cccc(C4CC4)c3n2)cnn1C1CCOCC1. The van der Waals surface area contributed by atoms with Gasteiger partial charge in [-0.2, -0.15) is 5.10 Å². The first-order chi connectivity index (χ1) is 12.8. The number of fused-ring (bicyclic) bond motifs is 1. The minimum atomic E-state index is 0.415. The summed E-state index contributed by atoms with van der Waals surface area (Å²) in [5.41, 5.74) is 4.51. The van der Waals surface area contributed by atoms with E-state index in [1.54, 1.807) is 0 Å². The number of aromatic nitrogens is 4. The fraction of sp³-hybridized carbons (Fsp3) is 0.450. The molecule has 0 atom stereocenters. The summed E-state index contributed by atoms with van der Waals surface area (Å²) in [6, 6.07) is 6.80. The molecule has 134 valence electrons. The average Bonchev–Trinajstić information content (AvgIpc) is 3.47. The zero-order valence-electron chi connectivity index (χ0n) is 15.0. The molecule has 1 aliphatic heterocycles. The van der Waals surface area contributed by atoms with Crippen molar-refractivity contribution in [3.63, 3.8) is 0 Å². The average molecular weight is 349 g/mol. The number of nitrogens with one attached hydrogen (secondary N) is 1. The van der Waals surface area contributed by atoms with Gasteiger partial charge in [0.05, 0.1) is 29.1 Å². The van der Waals surface area contributed by atoms with E-state index in [4.69, 9.17) is 9.72 Å². The van der Waals surface area contributed by atoms with Gasteiger partial charge in [0, 0.05) is 24.8 Å². The predicted octanol–water partition coefficient (Wildman–Crippen LogP) is 4.11. The minimum Gasteiger partial charge on any atom is -0.381 e. The number of anilines is 2. The largest absolute Gasteiger partial charge is 0.381 e. The molecule has 1 N–H and O–H groups in total. The maximum atomic E-state index is 5.46. The second kappa shape index (κ2) is 6.36. The van der Waals surface area contributed by atoms with Crippen LogP contribution in [0.2, 0.25) is 0 Å². The van der Waals surface area contributed by atoms with Gasteiger partial charge in [-0.05, 0) is 44.1 Å². The highest BCUT2D eigenvalue weighted by molar-refractivity contribution is 5.83. The van der Waals surface area contributed by atoms with Crippen molar-refractivity contribution in [3.05, 3.63) is 41.9 Å². The summed E-state index contributed by atoms with van der Waals surface area (Å²) in [5.74, 6) is 1.31. The van der Waals surface area contributed by atoms with Crippen molar-refractivity contribution in [1.82, 2.24) is 19.7 Å². The Labute approximate surface area is 152 Å². The summed E-state index contributed by atoms with van der Waals surface area (Å²) in [7, 11) is 0. The van der Waals surface area contributed by atoms with E-state index in [2.05, 4.69) is 45.2 Å². The smallest absolute Gasteiger partial charge is 0.227 e. The molecule has 3 aromatic rings. The molecule has 2 aromatic heterocycles. The molecule has 0 amide bonds. The number of ether oxygens (including phenoxy) is 1. The van der Waals surface area contributed by atoms with Crippen LogP contribution in [0.4, 0.5) is 11.6 Å². The predicted molar refractivity (Wildman–Crippen MR) is 101 cm³/mol. The first-order valence-electron chi connectivity index (χ1n) is 9.44. The van der Waals surface area contributed by atoms with Crippen molar-refractivity contribution in [2.24, 2.45) is 0 Å². The zero-order valence-corrected chi connectivity index (χ0v) is 15.0. The standard InChI is InChI=1S/C20H23N5O/c1-13-18(12-22-25(13)16-7-9-26-10-8-16)23-20-21-11-15-3-2-4-17(14-5-6-14)19(15)24-20/h2-4,11-12,14,16H,5-10H2,1H3,(H,21,23,24). The van der Waals surface area contributed by atoms with Crippen LogP contribution in [0.25, 0.3) is 10.9 Å². The van der Waals surface area contributed by atoms with Crippen molar-refractivity contribution >= 4 is 22.5 Å². The number of hydrogen-bond acceptors (Lipinski definition) is 5. The second-order valence-corrected chi connectivity index (χ2v) is 7.31. The number of hydrogen-bond donors (Lipinski definition) is 1. The van der Waals surface area contributed by atoms with Gasteiger partial charge < -0.3 is 10.1 Å². The molecule has 6 nitrogen and oxygen atoms in total.